The second kappa shape index (κ2) is 7.49. The summed E-state index contributed by atoms with van der Waals surface area (Å²) in [4.78, 5) is 1.14. The van der Waals surface area contributed by atoms with Crippen molar-refractivity contribution in [2.45, 2.75) is 13.0 Å². The molecule has 21 heavy (non-hydrogen) atoms. The third kappa shape index (κ3) is 3.72. The lowest BCUT2D eigenvalue weighted by atomic mass is 10.0. The van der Waals surface area contributed by atoms with Crippen molar-refractivity contribution in [3.05, 3.63) is 43.5 Å². The second-order valence-corrected chi connectivity index (χ2v) is 7.18. The summed E-state index contributed by atoms with van der Waals surface area (Å²) in [6.07, 6.45) is 0. The van der Waals surface area contributed by atoms with Gasteiger partial charge in [0.05, 0.1) is 29.1 Å². The van der Waals surface area contributed by atoms with Crippen molar-refractivity contribution >= 4 is 38.9 Å². The fourth-order valence-electron chi connectivity index (χ4n) is 2.13. The number of hydrogen-bond donors (Lipinski definition) is 1. The molecule has 3 nitrogen and oxygen atoms in total. The Balaban J connectivity index is 2.47. The Kier molecular flexibility index (Phi) is 5.93. The van der Waals surface area contributed by atoms with E-state index in [1.807, 2.05) is 24.3 Å². The number of thiophene rings is 1. The van der Waals surface area contributed by atoms with E-state index < -0.39 is 0 Å². The van der Waals surface area contributed by atoms with Crippen LogP contribution in [-0.2, 0) is 0 Å². The van der Waals surface area contributed by atoms with E-state index in [0.29, 0.717) is 0 Å². The maximum atomic E-state index is 6.17. The van der Waals surface area contributed by atoms with E-state index in [0.717, 1.165) is 37.3 Å². The van der Waals surface area contributed by atoms with Crippen LogP contribution in [0.1, 0.15) is 23.4 Å². The van der Waals surface area contributed by atoms with Gasteiger partial charge < -0.3 is 14.8 Å². The average Bonchev–Trinajstić information content (AvgIpc) is 2.83. The Hall–Kier alpha value is -0.750. The van der Waals surface area contributed by atoms with Crippen molar-refractivity contribution in [1.82, 2.24) is 5.32 Å². The number of benzene rings is 1. The molecule has 0 bridgehead atoms. The molecule has 0 aliphatic rings. The van der Waals surface area contributed by atoms with Gasteiger partial charge in [0.15, 0.2) is 0 Å². The van der Waals surface area contributed by atoms with Crippen molar-refractivity contribution in [3.8, 4) is 11.5 Å². The molecular weight excluding hydrogens is 374 g/mol. The topological polar surface area (TPSA) is 30.5 Å². The van der Waals surface area contributed by atoms with E-state index >= 15 is 0 Å². The maximum absolute atomic E-state index is 6.17. The molecule has 0 radical (unpaired) electrons. The minimum atomic E-state index is 0.0321. The smallest absolute Gasteiger partial charge is 0.127 e. The summed E-state index contributed by atoms with van der Waals surface area (Å²) < 4.78 is 11.7. The zero-order valence-corrected chi connectivity index (χ0v) is 15.2. The van der Waals surface area contributed by atoms with Gasteiger partial charge in [-0.05, 0) is 40.7 Å². The van der Waals surface area contributed by atoms with E-state index in [4.69, 9.17) is 21.1 Å². The van der Waals surface area contributed by atoms with Gasteiger partial charge in [-0.25, -0.2) is 0 Å². The lowest BCUT2D eigenvalue weighted by Gasteiger charge is -2.20. The number of halogens is 2. The molecule has 0 amide bonds. The summed E-state index contributed by atoms with van der Waals surface area (Å²) in [6, 6.07) is 7.86. The van der Waals surface area contributed by atoms with Gasteiger partial charge in [0.25, 0.3) is 0 Å². The molecule has 1 heterocycles. The predicted molar refractivity (Wildman–Crippen MR) is 92.1 cm³/mol. The fourth-order valence-corrected chi connectivity index (χ4v) is 3.97. The van der Waals surface area contributed by atoms with Crippen LogP contribution in [0.3, 0.4) is 0 Å². The molecule has 1 N–H and O–H groups in total. The van der Waals surface area contributed by atoms with Gasteiger partial charge in [0, 0.05) is 16.5 Å². The van der Waals surface area contributed by atoms with Crippen LogP contribution in [0.5, 0.6) is 11.5 Å². The molecule has 1 aromatic heterocycles. The first-order valence-electron chi connectivity index (χ1n) is 6.50. The molecule has 1 unspecified atom stereocenters. The van der Waals surface area contributed by atoms with Crippen LogP contribution in [0.2, 0.25) is 5.02 Å². The maximum Gasteiger partial charge on any atom is 0.127 e. The molecule has 0 saturated carbocycles. The number of hydrogen-bond acceptors (Lipinski definition) is 4. The highest BCUT2D eigenvalue weighted by Crippen LogP contribution is 2.40. The molecule has 1 aromatic carbocycles. The highest BCUT2D eigenvalue weighted by Gasteiger charge is 2.21. The molecule has 0 fully saturated rings. The molecule has 0 saturated heterocycles. The van der Waals surface area contributed by atoms with Crippen LogP contribution in [-0.4, -0.2) is 20.8 Å². The molecule has 0 aliphatic heterocycles. The van der Waals surface area contributed by atoms with Gasteiger partial charge in [-0.15, -0.1) is 11.3 Å². The highest BCUT2D eigenvalue weighted by atomic mass is 79.9. The minimum Gasteiger partial charge on any atom is -0.497 e. The van der Waals surface area contributed by atoms with Crippen molar-refractivity contribution in [3.63, 3.8) is 0 Å². The minimum absolute atomic E-state index is 0.0321. The summed E-state index contributed by atoms with van der Waals surface area (Å²) in [7, 11) is 3.31. The quantitative estimate of drug-likeness (QED) is 0.762. The second-order valence-electron chi connectivity index (χ2n) is 4.37. The van der Waals surface area contributed by atoms with Gasteiger partial charge in [0.1, 0.15) is 11.5 Å². The Morgan fingerprint density at radius 1 is 1.29 bits per heavy atom. The molecule has 2 rings (SSSR count). The zero-order chi connectivity index (χ0) is 15.4. The molecular formula is C15H17BrClNO2S. The highest BCUT2D eigenvalue weighted by molar-refractivity contribution is 9.11. The SMILES string of the molecule is CCNC(c1cc(Cl)c(Br)s1)c1ccc(OC)cc1OC. The van der Waals surface area contributed by atoms with Crippen LogP contribution in [0.25, 0.3) is 0 Å². The van der Waals surface area contributed by atoms with Crippen LogP contribution < -0.4 is 14.8 Å². The first-order valence-corrected chi connectivity index (χ1v) is 8.49. The summed E-state index contributed by atoms with van der Waals surface area (Å²) >= 11 is 11.3. The van der Waals surface area contributed by atoms with Gasteiger partial charge >= 0.3 is 0 Å². The third-order valence-electron chi connectivity index (χ3n) is 3.11. The number of nitrogens with one attached hydrogen (secondary N) is 1. The van der Waals surface area contributed by atoms with E-state index in [1.54, 1.807) is 25.6 Å². The van der Waals surface area contributed by atoms with Crippen molar-refractivity contribution < 1.29 is 9.47 Å². The van der Waals surface area contributed by atoms with Gasteiger partial charge in [-0.2, -0.15) is 0 Å². The number of rotatable bonds is 6. The first kappa shape index (κ1) is 16.6. The molecule has 114 valence electrons. The Labute approximate surface area is 142 Å². The molecule has 1 atom stereocenters. The standard InChI is InChI=1S/C15H17BrClNO2S/c1-4-18-14(13-8-11(17)15(16)21-13)10-6-5-9(19-2)7-12(10)20-3/h5-8,14,18H,4H2,1-3H3. The third-order valence-corrected chi connectivity index (χ3v) is 5.65. The van der Waals surface area contributed by atoms with E-state index in [2.05, 4.69) is 28.2 Å². The van der Waals surface area contributed by atoms with Crippen molar-refractivity contribution in [2.75, 3.05) is 20.8 Å². The van der Waals surface area contributed by atoms with Crippen LogP contribution >= 0.6 is 38.9 Å². The van der Waals surface area contributed by atoms with Crippen LogP contribution in [0.4, 0.5) is 0 Å². The van der Waals surface area contributed by atoms with Gasteiger partial charge in [0.2, 0.25) is 0 Å². The molecule has 2 aromatic rings. The van der Waals surface area contributed by atoms with E-state index in [9.17, 15) is 0 Å². The van der Waals surface area contributed by atoms with Gasteiger partial charge in [-0.1, -0.05) is 18.5 Å². The van der Waals surface area contributed by atoms with E-state index in [1.165, 1.54) is 0 Å². The molecule has 0 spiro atoms. The van der Waals surface area contributed by atoms with E-state index in [-0.39, 0.29) is 6.04 Å². The van der Waals surface area contributed by atoms with Crippen molar-refractivity contribution in [1.29, 1.82) is 0 Å². The van der Waals surface area contributed by atoms with Crippen LogP contribution in [0.15, 0.2) is 28.1 Å². The van der Waals surface area contributed by atoms with Crippen molar-refractivity contribution in [2.24, 2.45) is 0 Å². The Bertz CT molecular complexity index is 598. The zero-order valence-electron chi connectivity index (χ0n) is 12.1. The lowest BCUT2D eigenvalue weighted by molar-refractivity contribution is 0.388. The van der Waals surface area contributed by atoms with Gasteiger partial charge in [-0.3, -0.25) is 0 Å². The lowest BCUT2D eigenvalue weighted by Crippen LogP contribution is -2.21. The summed E-state index contributed by atoms with van der Waals surface area (Å²) in [5.74, 6) is 1.57. The summed E-state index contributed by atoms with van der Waals surface area (Å²) in [5, 5.41) is 4.21. The molecule has 6 heteroatoms. The average molecular weight is 391 g/mol. The fraction of sp³-hybridized carbons (Fsp3) is 0.333. The number of ether oxygens (including phenoxy) is 2. The molecule has 0 aliphatic carbocycles. The summed E-state index contributed by atoms with van der Waals surface area (Å²) in [5.41, 5.74) is 1.06. The normalized spacial score (nSPS) is 12.2. The largest absolute Gasteiger partial charge is 0.497 e. The monoisotopic (exact) mass is 389 g/mol. The predicted octanol–water partition coefficient (Wildman–Crippen LogP) is 4.88. The van der Waals surface area contributed by atoms with Crippen LogP contribution in [0, 0.1) is 0 Å². The first-order chi connectivity index (χ1) is 10.1. The Morgan fingerprint density at radius 3 is 2.57 bits per heavy atom. The Morgan fingerprint density at radius 2 is 2.05 bits per heavy atom. The number of methoxy groups -OCH3 is 2. The summed E-state index contributed by atoms with van der Waals surface area (Å²) in [6.45, 7) is 2.92.